The summed E-state index contributed by atoms with van der Waals surface area (Å²) in [5.41, 5.74) is 6.57. The number of nitrogens with two attached hydrogens (primary N) is 1. The fraction of sp³-hybridized carbons (Fsp3) is 0.500. The van der Waals surface area contributed by atoms with Crippen molar-refractivity contribution in [1.82, 2.24) is 4.90 Å². The average molecular weight is 429 g/mol. The molecule has 0 saturated heterocycles. The van der Waals surface area contributed by atoms with Gasteiger partial charge in [-0.1, -0.05) is 6.07 Å². The molecule has 126 valence electrons. The van der Waals surface area contributed by atoms with Crippen molar-refractivity contribution in [1.29, 1.82) is 0 Å². The van der Waals surface area contributed by atoms with Crippen molar-refractivity contribution in [2.45, 2.75) is 27.0 Å². The molecule has 0 aliphatic carbocycles. The van der Waals surface area contributed by atoms with Gasteiger partial charge in [-0.25, -0.2) is 4.99 Å². The third-order valence-electron chi connectivity index (χ3n) is 2.96. The first-order valence-corrected chi connectivity index (χ1v) is 6.68. The van der Waals surface area contributed by atoms with Crippen LogP contribution in [0.25, 0.3) is 0 Å². The third-order valence-corrected chi connectivity index (χ3v) is 2.96. The molecule has 1 rings (SSSR count). The van der Waals surface area contributed by atoms with Crippen LogP contribution >= 0.6 is 24.0 Å². The zero-order valence-electron chi connectivity index (χ0n) is 12.9. The van der Waals surface area contributed by atoms with E-state index < -0.39 is 6.61 Å². The Balaban J connectivity index is 0.00000441. The Labute approximate surface area is 146 Å². The first-order valence-electron chi connectivity index (χ1n) is 6.68. The zero-order valence-corrected chi connectivity index (χ0v) is 15.2. The average Bonchev–Trinajstić information content (AvgIpc) is 2.46. The molecule has 0 spiro atoms. The van der Waals surface area contributed by atoms with Crippen LogP contribution in [0.3, 0.4) is 0 Å². The van der Waals surface area contributed by atoms with E-state index in [0.717, 1.165) is 13.1 Å². The standard InChI is InChI=1S/C14H21F2N3O2.HI/c1-4-19(5-2)14(17)18-9-10-6-7-11(20-3)12(8-10)21-13(15)16;/h6-8,13H,4-5,9H2,1-3H3,(H2,17,18);1H. The highest BCUT2D eigenvalue weighted by Gasteiger charge is 2.11. The number of benzene rings is 1. The van der Waals surface area contributed by atoms with Gasteiger partial charge in [0.05, 0.1) is 13.7 Å². The van der Waals surface area contributed by atoms with Gasteiger partial charge >= 0.3 is 6.61 Å². The molecule has 22 heavy (non-hydrogen) atoms. The molecule has 0 aromatic heterocycles. The molecule has 2 N–H and O–H groups in total. The van der Waals surface area contributed by atoms with E-state index >= 15 is 0 Å². The maximum Gasteiger partial charge on any atom is 0.387 e. The summed E-state index contributed by atoms with van der Waals surface area (Å²) >= 11 is 0. The lowest BCUT2D eigenvalue weighted by Crippen LogP contribution is -2.37. The molecule has 0 bridgehead atoms. The quantitative estimate of drug-likeness (QED) is 0.411. The van der Waals surface area contributed by atoms with Crippen LogP contribution in [0.2, 0.25) is 0 Å². The highest BCUT2D eigenvalue weighted by Crippen LogP contribution is 2.29. The monoisotopic (exact) mass is 429 g/mol. The molecule has 0 atom stereocenters. The molecule has 1 aromatic carbocycles. The second-order valence-electron chi connectivity index (χ2n) is 4.21. The molecule has 1 aromatic rings. The summed E-state index contributed by atoms with van der Waals surface area (Å²) in [6, 6.07) is 4.77. The smallest absolute Gasteiger partial charge is 0.387 e. The van der Waals surface area contributed by atoms with Gasteiger partial charge in [-0.3, -0.25) is 0 Å². The van der Waals surface area contributed by atoms with Crippen LogP contribution in [-0.4, -0.2) is 37.7 Å². The minimum Gasteiger partial charge on any atom is -0.493 e. The number of halogens is 3. The maximum atomic E-state index is 12.3. The first kappa shape index (κ1) is 20.7. The number of hydrogen-bond donors (Lipinski definition) is 1. The van der Waals surface area contributed by atoms with Crippen LogP contribution in [0, 0.1) is 0 Å². The molecular weight excluding hydrogens is 407 g/mol. The first-order chi connectivity index (χ1) is 10.0. The van der Waals surface area contributed by atoms with Gasteiger partial charge in [-0.15, -0.1) is 24.0 Å². The second kappa shape index (κ2) is 10.4. The minimum absolute atomic E-state index is 0. The number of alkyl halides is 2. The maximum absolute atomic E-state index is 12.3. The number of aliphatic imine (C=N–C) groups is 1. The Morgan fingerprint density at radius 3 is 2.41 bits per heavy atom. The number of rotatable bonds is 7. The van der Waals surface area contributed by atoms with Crippen molar-refractivity contribution < 1.29 is 18.3 Å². The molecule has 0 unspecified atom stereocenters. The third kappa shape index (κ3) is 6.20. The Morgan fingerprint density at radius 2 is 1.91 bits per heavy atom. The normalized spacial score (nSPS) is 11.1. The van der Waals surface area contributed by atoms with Gasteiger partial charge in [0, 0.05) is 13.1 Å². The molecule has 0 saturated carbocycles. The highest BCUT2D eigenvalue weighted by atomic mass is 127. The lowest BCUT2D eigenvalue weighted by molar-refractivity contribution is -0.0512. The number of hydrogen-bond acceptors (Lipinski definition) is 3. The minimum atomic E-state index is -2.90. The zero-order chi connectivity index (χ0) is 15.8. The molecule has 0 heterocycles. The number of methoxy groups -OCH3 is 1. The fourth-order valence-electron chi connectivity index (χ4n) is 1.83. The second-order valence-corrected chi connectivity index (χ2v) is 4.21. The summed E-state index contributed by atoms with van der Waals surface area (Å²) in [5, 5.41) is 0. The largest absolute Gasteiger partial charge is 0.493 e. The van der Waals surface area contributed by atoms with E-state index in [-0.39, 0.29) is 42.0 Å². The van der Waals surface area contributed by atoms with Crippen LogP contribution in [0.15, 0.2) is 23.2 Å². The topological polar surface area (TPSA) is 60.1 Å². The molecule has 0 aliphatic heterocycles. The molecule has 0 amide bonds. The lowest BCUT2D eigenvalue weighted by Gasteiger charge is -2.19. The molecule has 0 fully saturated rings. The summed E-state index contributed by atoms with van der Waals surface area (Å²) < 4.78 is 34.1. The van der Waals surface area contributed by atoms with Gasteiger partial charge in [-0.05, 0) is 31.5 Å². The number of nitrogens with zero attached hydrogens (tertiary/aromatic N) is 2. The van der Waals surface area contributed by atoms with Crippen molar-refractivity contribution in [3.8, 4) is 11.5 Å². The van der Waals surface area contributed by atoms with E-state index in [4.69, 9.17) is 10.5 Å². The molecule has 5 nitrogen and oxygen atoms in total. The van der Waals surface area contributed by atoms with Gasteiger partial charge < -0.3 is 20.1 Å². The van der Waals surface area contributed by atoms with E-state index in [2.05, 4.69) is 9.73 Å². The Morgan fingerprint density at radius 1 is 1.27 bits per heavy atom. The van der Waals surface area contributed by atoms with Crippen molar-refractivity contribution in [3.05, 3.63) is 23.8 Å². The Hall–Kier alpha value is -1.32. The van der Waals surface area contributed by atoms with Crippen LogP contribution in [0.4, 0.5) is 8.78 Å². The van der Waals surface area contributed by atoms with E-state index in [1.54, 1.807) is 12.1 Å². The highest BCUT2D eigenvalue weighted by molar-refractivity contribution is 14.0. The van der Waals surface area contributed by atoms with E-state index in [9.17, 15) is 8.78 Å². The summed E-state index contributed by atoms with van der Waals surface area (Å²) in [6.45, 7) is 2.86. The van der Waals surface area contributed by atoms with E-state index in [1.165, 1.54) is 13.2 Å². The van der Waals surface area contributed by atoms with Gasteiger partial charge in [0.25, 0.3) is 0 Å². The van der Waals surface area contributed by atoms with Crippen LogP contribution in [-0.2, 0) is 6.54 Å². The van der Waals surface area contributed by atoms with Gasteiger partial charge in [0.1, 0.15) is 0 Å². The summed E-state index contributed by atoms with van der Waals surface area (Å²) in [5.74, 6) is 0.661. The van der Waals surface area contributed by atoms with Gasteiger partial charge in [0.15, 0.2) is 17.5 Å². The van der Waals surface area contributed by atoms with E-state index in [1.807, 2.05) is 18.7 Å². The summed E-state index contributed by atoms with van der Waals surface area (Å²) in [4.78, 5) is 6.15. The SMILES string of the molecule is CCN(CC)C(N)=NCc1ccc(OC)c(OC(F)F)c1.I. The molecular formula is C14H22F2IN3O2. The fourth-order valence-corrected chi connectivity index (χ4v) is 1.83. The lowest BCUT2D eigenvalue weighted by atomic mass is 10.2. The van der Waals surface area contributed by atoms with Crippen LogP contribution < -0.4 is 15.2 Å². The number of ether oxygens (including phenoxy) is 2. The van der Waals surface area contributed by atoms with E-state index in [0.29, 0.717) is 11.5 Å². The van der Waals surface area contributed by atoms with Gasteiger partial charge in [0.2, 0.25) is 0 Å². The molecule has 0 radical (unpaired) electrons. The Bertz CT molecular complexity index is 483. The molecule has 8 heteroatoms. The summed E-state index contributed by atoms with van der Waals surface area (Å²) in [7, 11) is 1.39. The predicted octanol–water partition coefficient (Wildman–Crippen LogP) is 3.07. The van der Waals surface area contributed by atoms with Crippen molar-refractivity contribution in [2.75, 3.05) is 20.2 Å². The van der Waals surface area contributed by atoms with Crippen molar-refractivity contribution in [3.63, 3.8) is 0 Å². The van der Waals surface area contributed by atoms with Crippen LogP contribution in [0.5, 0.6) is 11.5 Å². The van der Waals surface area contributed by atoms with Gasteiger partial charge in [-0.2, -0.15) is 8.78 Å². The van der Waals surface area contributed by atoms with Crippen LogP contribution in [0.1, 0.15) is 19.4 Å². The summed E-state index contributed by atoms with van der Waals surface area (Å²) in [6.07, 6.45) is 0. The number of guanidine groups is 1. The Kier molecular flexibility index (Phi) is 9.79. The van der Waals surface area contributed by atoms with Crippen molar-refractivity contribution in [2.24, 2.45) is 10.7 Å². The van der Waals surface area contributed by atoms with Crippen molar-refractivity contribution >= 4 is 29.9 Å². The molecule has 0 aliphatic rings. The predicted molar refractivity (Wildman–Crippen MR) is 93.3 cm³/mol.